The number of benzene rings is 2. The smallest absolute Gasteiger partial charge is 0.305 e. The normalized spacial score (nSPS) is 15.7. The predicted octanol–water partition coefficient (Wildman–Crippen LogP) is 3.03. The van der Waals surface area contributed by atoms with Gasteiger partial charge < -0.3 is 20.1 Å². The van der Waals surface area contributed by atoms with Crippen LogP contribution in [-0.4, -0.2) is 53.6 Å². The Hall–Kier alpha value is -3.19. The summed E-state index contributed by atoms with van der Waals surface area (Å²) in [7, 11) is 0. The molecule has 7 nitrogen and oxygen atoms in total. The van der Waals surface area contributed by atoms with Crippen molar-refractivity contribution in [3.8, 4) is 0 Å². The van der Waals surface area contributed by atoms with E-state index < -0.39 is 5.97 Å². The molecule has 0 bridgehead atoms. The molecule has 1 atom stereocenters. The van der Waals surface area contributed by atoms with Crippen LogP contribution >= 0.6 is 0 Å². The molecule has 0 aliphatic carbocycles. The molecule has 2 aromatic rings. The highest BCUT2D eigenvalue weighted by Gasteiger charge is 2.24. The van der Waals surface area contributed by atoms with E-state index in [9.17, 15) is 14.4 Å². The molecule has 0 saturated carbocycles. The Labute approximate surface area is 169 Å². The molecular formula is C22H24N2O5. The van der Waals surface area contributed by atoms with Crippen molar-refractivity contribution in [3.63, 3.8) is 0 Å². The molecule has 7 heteroatoms. The van der Waals surface area contributed by atoms with E-state index in [2.05, 4.69) is 5.32 Å². The van der Waals surface area contributed by atoms with Gasteiger partial charge in [0.25, 0.3) is 11.8 Å². The molecule has 1 fully saturated rings. The zero-order valence-corrected chi connectivity index (χ0v) is 16.0. The average Bonchev–Trinajstić information content (AvgIpc) is 3.24. The fraction of sp³-hybridized carbons (Fsp3) is 0.318. The van der Waals surface area contributed by atoms with Gasteiger partial charge in [0.05, 0.1) is 12.5 Å². The maximum absolute atomic E-state index is 12.9. The average molecular weight is 396 g/mol. The molecular weight excluding hydrogens is 372 g/mol. The number of anilines is 1. The van der Waals surface area contributed by atoms with Gasteiger partial charge in [-0.1, -0.05) is 18.2 Å². The first-order valence-corrected chi connectivity index (χ1v) is 9.62. The van der Waals surface area contributed by atoms with Crippen LogP contribution in [0.2, 0.25) is 0 Å². The summed E-state index contributed by atoms with van der Waals surface area (Å²) in [6.45, 7) is 1.14. The van der Waals surface area contributed by atoms with Gasteiger partial charge in [-0.3, -0.25) is 14.4 Å². The summed E-state index contributed by atoms with van der Waals surface area (Å²) in [6.07, 6.45) is 1.60. The van der Waals surface area contributed by atoms with Gasteiger partial charge in [0, 0.05) is 36.5 Å². The van der Waals surface area contributed by atoms with Gasteiger partial charge in [-0.15, -0.1) is 0 Å². The number of para-hydroxylation sites is 1. The van der Waals surface area contributed by atoms with Crippen LogP contribution in [0.4, 0.5) is 5.69 Å². The van der Waals surface area contributed by atoms with Crippen molar-refractivity contribution in [2.75, 3.05) is 25.0 Å². The lowest BCUT2D eigenvalue weighted by atomic mass is 10.1. The number of carbonyl (C=O) groups is 3. The molecule has 3 rings (SSSR count). The highest BCUT2D eigenvalue weighted by molar-refractivity contribution is 6.05. The minimum Gasteiger partial charge on any atom is -0.481 e. The van der Waals surface area contributed by atoms with Crippen LogP contribution in [0, 0.1) is 0 Å². The van der Waals surface area contributed by atoms with Crippen molar-refractivity contribution in [2.45, 2.75) is 25.4 Å². The van der Waals surface area contributed by atoms with E-state index in [0.29, 0.717) is 30.0 Å². The Balaban J connectivity index is 1.67. The Morgan fingerprint density at radius 1 is 1.03 bits per heavy atom. The van der Waals surface area contributed by atoms with E-state index in [1.54, 1.807) is 36.4 Å². The first-order valence-electron chi connectivity index (χ1n) is 9.62. The molecule has 1 unspecified atom stereocenters. The quantitative estimate of drug-likeness (QED) is 0.715. The Morgan fingerprint density at radius 3 is 2.34 bits per heavy atom. The summed E-state index contributed by atoms with van der Waals surface area (Å²) in [4.78, 5) is 37.7. The third kappa shape index (κ3) is 5.89. The van der Waals surface area contributed by atoms with Crippen LogP contribution < -0.4 is 5.32 Å². The van der Waals surface area contributed by atoms with E-state index in [1.807, 2.05) is 18.2 Å². The number of carboxylic acids is 1. The summed E-state index contributed by atoms with van der Waals surface area (Å²) < 4.78 is 5.59. The molecule has 0 spiro atoms. The van der Waals surface area contributed by atoms with E-state index in [4.69, 9.17) is 9.84 Å². The molecule has 2 amide bonds. The standard InChI is InChI=1S/C22H24N2O5/c25-20(26)12-13-24(15-19-7-4-14-29-19)22(28)17-10-8-16(9-11-17)21(27)23-18-5-2-1-3-6-18/h1-3,5-6,8-11,19H,4,7,12-15H2,(H,23,27)(H,25,26). The van der Waals surface area contributed by atoms with Gasteiger partial charge in [-0.05, 0) is 49.2 Å². The van der Waals surface area contributed by atoms with Crippen LogP contribution in [0.5, 0.6) is 0 Å². The third-order valence-corrected chi connectivity index (χ3v) is 4.76. The first kappa shape index (κ1) is 20.5. The van der Waals surface area contributed by atoms with Crippen molar-refractivity contribution in [2.24, 2.45) is 0 Å². The molecule has 2 N–H and O–H groups in total. The van der Waals surface area contributed by atoms with Crippen molar-refractivity contribution in [1.82, 2.24) is 4.90 Å². The minimum atomic E-state index is -0.955. The largest absolute Gasteiger partial charge is 0.481 e. The lowest BCUT2D eigenvalue weighted by Crippen LogP contribution is -2.38. The molecule has 1 aliphatic heterocycles. The number of carboxylic acid groups (broad SMARTS) is 1. The van der Waals surface area contributed by atoms with E-state index in [1.165, 1.54) is 4.90 Å². The highest BCUT2D eigenvalue weighted by atomic mass is 16.5. The number of carbonyl (C=O) groups excluding carboxylic acids is 2. The number of aliphatic carboxylic acids is 1. The first-order chi connectivity index (χ1) is 14.0. The van der Waals surface area contributed by atoms with E-state index >= 15 is 0 Å². The summed E-state index contributed by atoms with van der Waals surface area (Å²) >= 11 is 0. The lowest BCUT2D eigenvalue weighted by molar-refractivity contribution is -0.137. The summed E-state index contributed by atoms with van der Waals surface area (Å²) in [5, 5.41) is 11.8. The van der Waals surface area contributed by atoms with Crippen molar-refractivity contribution in [1.29, 1.82) is 0 Å². The van der Waals surface area contributed by atoms with Crippen molar-refractivity contribution in [3.05, 3.63) is 65.7 Å². The minimum absolute atomic E-state index is 0.0660. The number of hydrogen-bond acceptors (Lipinski definition) is 4. The van der Waals surface area contributed by atoms with E-state index in [0.717, 1.165) is 12.8 Å². The Bertz CT molecular complexity index is 845. The summed E-state index contributed by atoms with van der Waals surface area (Å²) in [5.74, 6) is -1.49. The molecule has 0 radical (unpaired) electrons. The molecule has 1 heterocycles. The fourth-order valence-corrected chi connectivity index (χ4v) is 3.21. The second kappa shape index (κ2) is 9.84. The van der Waals surface area contributed by atoms with Gasteiger partial charge in [-0.25, -0.2) is 0 Å². The Kier molecular flexibility index (Phi) is 6.97. The second-order valence-corrected chi connectivity index (χ2v) is 6.93. The monoisotopic (exact) mass is 396 g/mol. The summed E-state index contributed by atoms with van der Waals surface area (Å²) in [6, 6.07) is 15.5. The third-order valence-electron chi connectivity index (χ3n) is 4.76. The molecule has 0 aromatic heterocycles. The van der Waals surface area contributed by atoms with Gasteiger partial charge >= 0.3 is 5.97 Å². The topological polar surface area (TPSA) is 95.9 Å². The van der Waals surface area contributed by atoms with Crippen LogP contribution in [0.1, 0.15) is 40.0 Å². The maximum atomic E-state index is 12.9. The number of rotatable bonds is 8. The fourth-order valence-electron chi connectivity index (χ4n) is 3.21. The van der Waals surface area contributed by atoms with Gasteiger partial charge in [0.2, 0.25) is 0 Å². The zero-order chi connectivity index (χ0) is 20.6. The molecule has 1 aliphatic rings. The molecule has 2 aromatic carbocycles. The SMILES string of the molecule is O=C(O)CCN(CC1CCCO1)C(=O)c1ccc(C(=O)Nc2ccccc2)cc1. The van der Waals surface area contributed by atoms with Crippen LogP contribution in [-0.2, 0) is 9.53 Å². The maximum Gasteiger partial charge on any atom is 0.305 e. The highest BCUT2D eigenvalue weighted by Crippen LogP contribution is 2.16. The van der Waals surface area contributed by atoms with Crippen molar-refractivity contribution < 1.29 is 24.2 Å². The van der Waals surface area contributed by atoms with Crippen molar-refractivity contribution >= 4 is 23.5 Å². The second-order valence-electron chi connectivity index (χ2n) is 6.93. The number of ether oxygens (including phenoxy) is 1. The van der Waals surface area contributed by atoms with Gasteiger partial charge in [-0.2, -0.15) is 0 Å². The van der Waals surface area contributed by atoms with Crippen LogP contribution in [0.25, 0.3) is 0 Å². The van der Waals surface area contributed by atoms with Crippen LogP contribution in [0.3, 0.4) is 0 Å². The lowest BCUT2D eigenvalue weighted by Gasteiger charge is -2.25. The Morgan fingerprint density at radius 2 is 1.72 bits per heavy atom. The summed E-state index contributed by atoms with van der Waals surface area (Å²) in [5.41, 5.74) is 1.53. The number of nitrogens with one attached hydrogen (secondary N) is 1. The zero-order valence-electron chi connectivity index (χ0n) is 16.0. The number of nitrogens with zero attached hydrogens (tertiary/aromatic N) is 1. The van der Waals surface area contributed by atoms with Gasteiger partial charge in [0.1, 0.15) is 0 Å². The molecule has 1 saturated heterocycles. The molecule has 29 heavy (non-hydrogen) atoms. The molecule has 152 valence electrons. The van der Waals surface area contributed by atoms with E-state index in [-0.39, 0.29) is 30.9 Å². The van der Waals surface area contributed by atoms with Gasteiger partial charge in [0.15, 0.2) is 0 Å². The predicted molar refractivity (Wildman–Crippen MR) is 108 cm³/mol. The number of amides is 2. The van der Waals surface area contributed by atoms with Crippen LogP contribution in [0.15, 0.2) is 54.6 Å². The number of hydrogen-bond donors (Lipinski definition) is 2.